The van der Waals surface area contributed by atoms with E-state index in [0.717, 1.165) is 22.3 Å². The number of thiophene rings is 1. The molecule has 6 heteroatoms. The summed E-state index contributed by atoms with van der Waals surface area (Å²) in [5.41, 5.74) is 0.892. The maximum Gasteiger partial charge on any atom is 0.348 e. The van der Waals surface area contributed by atoms with Gasteiger partial charge < -0.3 is 9.64 Å². The molecule has 5 nitrogen and oxygen atoms in total. The number of hydrogen-bond acceptors (Lipinski definition) is 5. The molecule has 1 aromatic carbocycles. The highest BCUT2D eigenvalue weighted by Crippen LogP contribution is 2.30. The highest BCUT2D eigenvalue weighted by molar-refractivity contribution is 7.20. The molecule has 2 aromatic rings. The first-order valence-corrected chi connectivity index (χ1v) is 8.09. The van der Waals surface area contributed by atoms with E-state index in [-0.39, 0.29) is 11.9 Å². The Bertz CT molecular complexity index is 725. The number of likely N-dealkylation sites (N-methyl/N-ethyl adjacent to an activating group) is 1. The third kappa shape index (κ3) is 2.84. The molecular formula is C16H18N2O3S. The lowest BCUT2D eigenvalue weighted by atomic mass is 10.2. The molecule has 3 rings (SSSR count). The molecule has 0 aliphatic carbocycles. The van der Waals surface area contributed by atoms with Crippen LogP contribution < -0.4 is 4.90 Å². The lowest BCUT2D eigenvalue weighted by Gasteiger charge is -2.32. The van der Waals surface area contributed by atoms with E-state index in [2.05, 4.69) is 0 Å². The van der Waals surface area contributed by atoms with Gasteiger partial charge >= 0.3 is 5.97 Å². The number of benzene rings is 1. The topological polar surface area (TPSA) is 49.9 Å². The second-order valence-corrected chi connectivity index (χ2v) is 6.42. The standard InChI is InChI=1S/C16H18N2O3S/c1-3-21-16(20)14-8-11-4-5-12(9-13(11)22-14)18-7-6-17(2)10-15(18)19/h4-5,8-9H,3,6-7,10H2,1-2H3. The number of esters is 1. The number of nitrogens with zero attached hydrogens (tertiary/aromatic N) is 2. The normalized spacial score (nSPS) is 16.3. The third-order valence-corrected chi connectivity index (χ3v) is 4.78. The lowest BCUT2D eigenvalue weighted by Crippen LogP contribution is -2.48. The molecule has 0 atom stereocenters. The van der Waals surface area contributed by atoms with E-state index in [1.54, 1.807) is 6.92 Å². The van der Waals surface area contributed by atoms with E-state index in [4.69, 9.17) is 4.74 Å². The summed E-state index contributed by atoms with van der Waals surface area (Å²) in [5.74, 6) is -0.184. The predicted octanol–water partition coefficient (Wildman–Crippen LogP) is 2.36. The van der Waals surface area contributed by atoms with Crippen LogP contribution in [0.15, 0.2) is 24.3 Å². The number of ether oxygens (including phenoxy) is 1. The second-order valence-electron chi connectivity index (χ2n) is 5.34. The van der Waals surface area contributed by atoms with Gasteiger partial charge in [0.15, 0.2) is 0 Å². The molecule has 0 spiro atoms. The quantitative estimate of drug-likeness (QED) is 0.815. The number of carbonyl (C=O) groups excluding carboxylic acids is 2. The predicted molar refractivity (Wildman–Crippen MR) is 87.6 cm³/mol. The number of hydrogen-bond donors (Lipinski definition) is 0. The molecule has 1 saturated heterocycles. The molecule has 1 aliphatic rings. The molecule has 1 aliphatic heterocycles. The van der Waals surface area contributed by atoms with Crippen LogP contribution in [0.4, 0.5) is 5.69 Å². The Balaban J connectivity index is 1.89. The van der Waals surface area contributed by atoms with Crippen LogP contribution in [0.25, 0.3) is 10.1 Å². The summed E-state index contributed by atoms with van der Waals surface area (Å²) in [6.07, 6.45) is 0. The smallest absolute Gasteiger partial charge is 0.348 e. The van der Waals surface area contributed by atoms with Gasteiger partial charge in [-0.2, -0.15) is 0 Å². The van der Waals surface area contributed by atoms with Crippen molar-refractivity contribution in [1.29, 1.82) is 0 Å². The Morgan fingerprint density at radius 3 is 2.86 bits per heavy atom. The van der Waals surface area contributed by atoms with E-state index in [1.807, 2.05) is 41.1 Å². The first-order valence-electron chi connectivity index (χ1n) is 7.28. The monoisotopic (exact) mass is 318 g/mol. The Morgan fingerprint density at radius 2 is 2.14 bits per heavy atom. The number of carbonyl (C=O) groups is 2. The van der Waals surface area contributed by atoms with E-state index >= 15 is 0 Å². The van der Waals surface area contributed by atoms with Crippen molar-refractivity contribution in [1.82, 2.24) is 4.90 Å². The van der Waals surface area contributed by atoms with Crippen molar-refractivity contribution in [3.05, 3.63) is 29.1 Å². The van der Waals surface area contributed by atoms with Crippen LogP contribution >= 0.6 is 11.3 Å². The van der Waals surface area contributed by atoms with Crippen LogP contribution in [0.3, 0.4) is 0 Å². The molecule has 0 N–H and O–H groups in total. The van der Waals surface area contributed by atoms with Crippen LogP contribution in [0.5, 0.6) is 0 Å². The van der Waals surface area contributed by atoms with Crippen molar-refractivity contribution in [3.8, 4) is 0 Å². The number of anilines is 1. The van der Waals surface area contributed by atoms with Crippen molar-refractivity contribution < 1.29 is 14.3 Å². The average Bonchev–Trinajstić information content (AvgIpc) is 2.90. The highest BCUT2D eigenvalue weighted by Gasteiger charge is 2.23. The highest BCUT2D eigenvalue weighted by atomic mass is 32.1. The summed E-state index contributed by atoms with van der Waals surface area (Å²) in [7, 11) is 1.95. The molecular weight excluding hydrogens is 300 g/mol. The van der Waals surface area contributed by atoms with Crippen molar-refractivity contribution in [2.24, 2.45) is 0 Å². The molecule has 2 heterocycles. The van der Waals surface area contributed by atoms with Crippen molar-refractivity contribution in [2.45, 2.75) is 6.92 Å². The minimum Gasteiger partial charge on any atom is -0.462 e. The zero-order valence-electron chi connectivity index (χ0n) is 12.7. The maximum atomic E-state index is 12.2. The SMILES string of the molecule is CCOC(=O)c1cc2ccc(N3CCN(C)CC3=O)cc2s1. The maximum absolute atomic E-state index is 12.2. The molecule has 1 amide bonds. The fourth-order valence-corrected chi connectivity index (χ4v) is 3.54. The molecule has 116 valence electrons. The van der Waals surface area contributed by atoms with E-state index in [1.165, 1.54) is 11.3 Å². The minimum absolute atomic E-state index is 0.107. The summed E-state index contributed by atoms with van der Waals surface area (Å²) < 4.78 is 6.03. The van der Waals surface area contributed by atoms with Crippen molar-refractivity contribution in [2.75, 3.05) is 38.2 Å². The van der Waals surface area contributed by atoms with Crippen molar-refractivity contribution in [3.63, 3.8) is 0 Å². The van der Waals surface area contributed by atoms with E-state index < -0.39 is 0 Å². The number of fused-ring (bicyclic) bond motifs is 1. The third-order valence-electron chi connectivity index (χ3n) is 3.70. The summed E-state index contributed by atoms with van der Waals surface area (Å²) in [6.45, 7) is 4.16. The summed E-state index contributed by atoms with van der Waals surface area (Å²) >= 11 is 1.40. The van der Waals surface area contributed by atoms with Gasteiger partial charge in [-0.15, -0.1) is 11.3 Å². The average molecular weight is 318 g/mol. The van der Waals surface area contributed by atoms with Gasteiger partial charge in [0.05, 0.1) is 13.2 Å². The zero-order valence-corrected chi connectivity index (χ0v) is 13.5. The summed E-state index contributed by atoms with van der Waals surface area (Å²) in [5, 5.41) is 0.998. The van der Waals surface area contributed by atoms with E-state index in [9.17, 15) is 9.59 Å². The van der Waals surface area contributed by atoms with Gasteiger partial charge in [-0.1, -0.05) is 6.07 Å². The summed E-state index contributed by atoms with van der Waals surface area (Å²) in [6, 6.07) is 7.71. The van der Waals surface area contributed by atoms with Gasteiger partial charge in [0.2, 0.25) is 5.91 Å². The van der Waals surface area contributed by atoms with Crippen LogP contribution in [0.2, 0.25) is 0 Å². The molecule has 1 fully saturated rings. The molecule has 0 radical (unpaired) electrons. The second kappa shape index (κ2) is 6.06. The van der Waals surface area contributed by atoms with Crippen LogP contribution in [0.1, 0.15) is 16.6 Å². The first kappa shape index (κ1) is 15.0. The van der Waals surface area contributed by atoms with Gasteiger partial charge in [0.1, 0.15) is 4.88 Å². The molecule has 0 saturated carbocycles. The number of rotatable bonds is 3. The van der Waals surface area contributed by atoms with Gasteiger partial charge in [-0.05, 0) is 37.6 Å². The number of amides is 1. The van der Waals surface area contributed by atoms with Crippen LogP contribution in [0, 0.1) is 0 Å². The van der Waals surface area contributed by atoms with Gasteiger partial charge in [-0.25, -0.2) is 4.79 Å². The molecule has 0 unspecified atom stereocenters. The van der Waals surface area contributed by atoms with Gasteiger partial charge in [0.25, 0.3) is 0 Å². The Kier molecular flexibility index (Phi) is 4.13. The van der Waals surface area contributed by atoms with Gasteiger partial charge in [0, 0.05) is 23.5 Å². The molecule has 22 heavy (non-hydrogen) atoms. The largest absolute Gasteiger partial charge is 0.462 e. The Hall–Kier alpha value is -1.92. The summed E-state index contributed by atoms with van der Waals surface area (Å²) in [4.78, 5) is 28.4. The van der Waals surface area contributed by atoms with Crippen molar-refractivity contribution >= 4 is 39.0 Å². The van der Waals surface area contributed by atoms with Crippen LogP contribution in [-0.4, -0.2) is 50.1 Å². The minimum atomic E-state index is -0.291. The Morgan fingerprint density at radius 1 is 1.32 bits per heavy atom. The van der Waals surface area contributed by atoms with Gasteiger partial charge in [-0.3, -0.25) is 9.69 Å². The first-order chi connectivity index (χ1) is 10.6. The number of piperazine rings is 1. The molecule has 1 aromatic heterocycles. The Labute approximate surface area is 133 Å². The van der Waals surface area contributed by atoms with E-state index in [0.29, 0.717) is 24.6 Å². The molecule has 0 bridgehead atoms. The van der Waals surface area contributed by atoms with Crippen LogP contribution in [-0.2, 0) is 9.53 Å². The fourth-order valence-electron chi connectivity index (χ4n) is 2.55. The fraction of sp³-hybridized carbons (Fsp3) is 0.375. The lowest BCUT2D eigenvalue weighted by molar-refractivity contribution is -0.120. The zero-order chi connectivity index (χ0) is 15.7.